The van der Waals surface area contributed by atoms with Crippen molar-refractivity contribution in [3.63, 3.8) is 0 Å². The molecule has 3 aromatic carbocycles. The third kappa shape index (κ3) is 6.27. The fourth-order valence-corrected chi connectivity index (χ4v) is 5.30. The maximum atomic E-state index is 13.4. The first-order chi connectivity index (χ1) is 16.6. The second kappa shape index (κ2) is 11.9. The molecule has 174 valence electrons. The third-order valence-corrected chi connectivity index (χ3v) is 7.40. The molecule has 1 aromatic heterocycles. The zero-order chi connectivity index (χ0) is 23.8. The standard InChI is InChI=1S/C28H28N2O2S2/c1-21-14-16-22(17-15-21)25-20-34-28(29-25)30(19-23-9-6-7-12-26(23)32-2)27(31)13-8-18-33-24-10-4-3-5-11-24/h3-7,9-12,14-17,20H,8,13,18-19H2,1-2H3. The number of hydrogen-bond donors (Lipinski definition) is 0. The van der Waals surface area contributed by atoms with Gasteiger partial charge in [0.25, 0.3) is 0 Å². The van der Waals surface area contributed by atoms with E-state index in [4.69, 9.17) is 9.72 Å². The average molecular weight is 489 g/mol. The van der Waals surface area contributed by atoms with Crippen molar-refractivity contribution in [3.8, 4) is 17.0 Å². The Kier molecular flexibility index (Phi) is 8.39. The van der Waals surface area contributed by atoms with E-state index in [9.17, 15) is 4.79 Å². The lowest BCUT2D eigenvalue weighted by Crippen LogP contribution is -2.30. The summed E-state index contributed by atoms with van der Waals surface area (Å²) in [4.78, 5) is 21.3. The Bertz CT molecular complexity index is 1210. The maximum Gasteiger partial charge on any atom is 0.229 e. The molecule has 0 bridgehead atoms. The minimum absolute atomic E-state index is 0.0735. The summed E-state index contributed by atoms with van der Waals surface area (Å²) in [5.41, 5.74) is 4.11. The number of anilines is 1. The summed E-state index contributed by atoms with van der Waals surface area (Å²) < 4.78 is 5.54. The summed E-state index contributed by atoms with van der Waals surface area (Å²) in [5, 5.41) is 2.73. The molecule has 4 rings (SSSR count). The first kappa shape index (κ1) is 24.0. The van der Waals surface area contributed by atoms with Gasteiger partial charge in [0, 0.05) is 27.8 Å². The van der Waals surface area contributed by atoms with Gasteiger partial charge in [-0.3, -0.25) is 9.69 Å². The van der Waals surface area contributed by atoms with Crippen LogP contribution in [0.4, 0.5) is 5.13 Å². The highest BCUT2D eigenvalue weighted by molar-refractivity contribution is 7.99. The molecule has 4 aromatic rings. The lowest BCUT2D eigenvalue weighted by molar-refractivity contribution is -0.118. The Labute approximate surface area is 209 Å². The number of carbonyl (C=O) groups excluding carboxylic acids is 1. The van der Waals surface area contributed by atoms with Crippen molar-refractivity contribution < 1.29 is 9.53 Å². The van der Waals surface area contributed by atoms with Crippen LogP contribution in [0.25, 0.3) is 11.3 Å². The van der Waals surface area contributed by atoms with Crippen LogP contribution in [0.5, 0.6) is 5.75 Å². The summed E-state index contributed by atoms with van der Waals surface area (Å²) in [6.07, 6.45) is 1.27. The Morgan fingerprint density at radius 3 is 2.50 bits per heavy atom. The molecule has 0 aliphatic heterocycles. The van der Waals surface area contributed by atoms with E-state index in [0.717, 1.165) is 34.7 Å². The minimum atomic E-state index is 0.0735. The van der Waals surface area contributed by atoms with Crippen LogP contribution in [0, 0.1) is 6.92 Å². The Morgan fingerprint density at radius 1 is 1.00 bits per heavy atom. The van der Waals surface area contributed by atoms with Crippen molar-refractivity contribution >= 4 is 34.1 Å². The van der Waals surface area contributed by atoms with Gasteiger partial charge in [0.2, 0.25) is 5.91 Å². The number of benzene rings is 3. The molecule has 1 amide bonds. The van der Waals surface area contributed by atoms with Crippen LogP contribution in [0.3, 0.4) is 0 Å². The summed E-state index contributed by atoms with van der Waals surface area (Å²) >= 11 is 3.28. The molecular formula is C28H28N2O2S2. The number of amides is 1. The monoisotopic (exact) mass is 488 g/mol. The van der Waals surface area contributed by atoms with Gasteiger partial charge < -0.3 is 4.74 Å². The largest absolute Gasteiger partial charge is 0.496 e. The topological polar surface area (TPSA) is 42.4 Å². The second-order valence-corrected chi connectivity index (χ2v) is 9.94. The molecule has 4 nitrogen and oxygen atoms in total. The number of methoxy groups -OCH3 is 1. The number of thiazole rings is 1. The molecule has 0 saturated heterocycles. The Hall–Kier alpha value is -3.09. The van der Waals surface area contributed by atoms with E-state index in [2.05, 4.69) is 43.3 Å². The zero-order valence-electron chi connectivity index (χ0n) is 19.4. The van der Waals surface area contributed by atoms with Crippen molar-refractivity contribution in [1.29, 1.82) is 0 Å². The maximum absolute atomic E-state index is 13.4. The van der Waals surface area contributed by atoms with Crippen molar-refractivity contribution in [1.82, 2.24) is 4.98 Å². The van der Waals surface area contributed by atoms with Crippen molar-refractivity contribution in [2.45, 2.75) is 31.2 Å². The number of aryl methyl sites for hydroxylation is 1. The van der Waals surface area contributed by atoms with E-state index in [1.807, 2.05) is 47.8 Å². The molecule has 0 spiro atoms. The normalized spacial score (nSPS) is 10.8. The summed E-state index contributed by atoms with van der Waals surface area (Å²) in [6.45, 7) is 2.50. The van der Waals surface area contributed by atoms with Crippen molar-refractivity contribution in [2.75, 3.05) is 17.8 Å². The van der Waals surface area contributed by atoms with Gasteiger partial charge in [-0.1, -0.05) is 66.2 Å². The van der Waals surface area contributed by atoms with E-state index in [0.29, 0.717) is 18.1 Å². The highest BCUT2D eigenvalue weighted by Gasteiger charge is 2.21. The number of ether oxygens (including phenoxy) is 1. The molecule has 0 radical (unpaired) electrons. The van der Waals surface area contributed by atoms with Gasteiger partial charge in [0.15, 0.2) is 5.13 Å². The van der Waals surface area contributed by atoms with Gasteiger partial charge in [-0.05, 0) is 37.3 Å². The van der Waals surface area contributed by atoms with E-state index < -0.39 is 0 Å². The first-order valence-electron chi connectivity index (χ1n) is 11.3. The molecule has 0 atom stereocenters. The van der Waals surface area contributed by atoms with Gasteiger partial charge in [-0.15, -0.1) is 23.1 Å². The quantitative estimate of drug-likeness (QED) is 0.174. The number of carbonyl (C=O) groups is 1. The average Bonchev–Trinajstić information content (AvgIpc) is 3.36. The van der Waals surface area contributed by atoms with Crippen LogP contribution in [0.15, 0.2) is 89.1 Å². The summed E-state index contributed by atoms with van der Waals surface area (Å²) in [5.74, 6) is 1.74. The van der Waals surface area contributed by atoms with Crippen LogP contribution in [0.1, 0.15) is 24.0 Å². The molecule has 1 heterocycles. The van der Waals surface area contributed by atoms with Gasteiger partial charge in [0.1, 0.15) is 5.75 Å². The molecule has 0 aliphatic rings. The van der Waals surface area contributed by atoms with Crippen LogP contribution in [0.2, 0.25) is 0 Å². The molecule has 0 aliphatic carbocycles. The van der Waals surface area contributed by atoms with Crippen LogP contribution in [-0.4, -0.2) is 23.8 Å². The van der Waals surface area contributed by atoms with E-state index >= 15 is 0 Å². The third-order valence-electron chi connectivity index (χ3n) is 5.44. The lowest BCUT2D eigenvalue weighted by Gasteiger charge is -2.21. The first-order valence-corrected chi connectivity index (χ1v) is 13.1. The fraction of sp³-hybridized carbons (Fsp3) is 0.214. The van der Waals surface area contributed by atoms with Gasteiger partial charge >= 0.3 is 0 Å². The molecule has 0 N–H and O–H groups in total. The molecule has 0 saturated carbocycles. The molecule has 6 heteroatoms. The van der Waals surface area contributed by atoms with E-state index in [1.54, 1.807) is 23.8 Å². The number of aromatic nitrogens is 1. The summed E-state index contributed by atoms with van der Waals surface area (Å²) in [7, 11) is 1.66. The number of para-hydroxylation sites is 1. The van der Waals surface area contributed by atoms with E-state index in [-0.39, 0.29) is 5.91 Å². The number of rotatable bonds is 10. The Morgan fingerprint density at radius 2 is 1.74 bits per heavy atom. The molecule has 34 heavy (non-hydrogen) atoms. The SMILES string of the molecule is COc1ccccc1CN(C(=O)CCCSc1ccccc1)c1nc(-c2ccc(C)cc2)cs1. The predicted octanol–water partition coefficient (Wildman–Crippen LogP) is 7.23. The highest BCUT2D eigenvalue weighted by atomic mass is 32.2. The zero-order valence-corrected chi connectivity index (χ0v) is 21.1. The number of hydrogen-bond acceptors (Lipinski definition) is 5. The molecular weight excluding hydrogens is 460 g/mol. The number of thioether (sulfide) groups is 1. The predicted molar refractivity (Wildman–Crippen MR) is 143 cm³/mol. The van der Waals surface area contributed by atoms with Crippen LogP contribution < -0.4 is 9.64 Å². The van der Waals surface area contributed by atoms with Crippen LogP contribution >= 0.6 is 23.1 Å². The summed E-state index contributed by atoms with van der Waals surface area (Å²) in [6, 6.07) is 26.4. The van der Waals surface area contributed by atoms with Gasteiger partial charge in [-0.25, -0.2) is 4.98 Å². The molecule has 0 unspecified atom stereocenters. The smallest absolute Gasteiger partial charge is 0.229 e. The lowest BCUT2D eigenvalue weighted by atomic mass is 10.1. The van der Waals surface area contributed by atoms with Crippen LogP contribution in [-0.2, 0) is 11.3 Å². The van der Waals surface area contributed by atoms with Crippen molar-refractivity contribution in [2.24, 2.45) is 0 Å². The van der Waals surface area contributed by atoms with E-state index in [1.165, 1.54) is 21.8 Å². The second-order valence-electron chi connectivity index (χ2n) is 7.94. The van der Waals surface area contributed by atoms with Crippen molar-refractivity contribution in [3.05, 3.63) is 95.4 Å². The molecule has 0 fully saturated rings. The fourth-order valence-electron chi connectivity index (χ4n) is 3.58. The Balaban J connectivity index is 1.50. The number of nitrogens with zero attached hydrogens (tertiary/aromatic N) is 2. The minimum Gasteiger partial charge on any atom is -0.496 e. The highest BCUT2D eigenvalue weighted by Crippen LogP contribution is 2.31. The van der Waals surface area contributed by atoms with Gasteiger partial charge in [0.05, 0.1) is 19.3 Å². The van der Waals surface area contributed by atoms with Gasteiger partial charge in [-0.2, -0.15) is 0 Å².